The van der Waals surface area contributed by atoms with Crippen molar-refractivity contribution in [2.24, 2.45) is 6.98 Å². The summed E-state index contributed by atoms with van der Waals surface area (Å²) >= 11 is 0. The maximum Gasteiger partial charge on any atom is 0.290 e. The van der Waals surface area contributed by atoms with Crippen molar-refractivity contribution in [3.05, 3.63) is 54.4 Å². The van der Waals surface area contributed by atoms with Crippen LogP contribution in [0.3, 0.4) is 0 Å². The molecule has 1 aromatic carbocycles. The van der Waals surface area contributed by atoms with Gasteiger partial charge in [-0.15, -0.1) is 0 Å². The minimum absolute atomic E-state index is 0.680. The van der Waals surface area contributed by atoms with Gasteiger partial charge in [0, 0.05) is 11.8 Å². The Morgan fingerprint density at radius 2 is 2.15 bits per heavy atom. The Balaban J connectivity index is 2.01. The van der Waals surface area contributed by atoms with E-state index in [1.54, 1.807) is 16.9 Å². The van der Waals surface area contributed by atoms with Gasteiger partial charge in [-0.3, -0.25) is 0 Å². The molecule has 0 spiro atoms. The summed E-state index contributed by atoms with van der Waals surface area (Å²) in [5.74, 6) is 0.747. The van der Waals surface area contributed by atoms with E-state index >= 15 is 0 Å². The Morgan fingerprint density at radius 3 is 3.10 bits per heavy atom. The van der Waals surface area contributed by atoms with Crippen molar-refractivity contribution < 1.29 is 8.68 Å². The van der Waals surface area contributed by atoms with E-state index in [4.69, 9.17) is 4.11 Å². The predicted molar refractivity (Wildman–Crippen MR) is 76.4 cm³/mol. The van der Waals surface area contributed by atoms with Gasteiger partial charge >= 0.3 is 0 Å². The second-order valence-corrected chi connectivity index (χ2v) is 5.12. The third kappa shape index (κ3) is 1.04. The summed E-state index contributed by atoms with van der Waals surface area (Å²) in [5.41, 5.74) is 4.65. The molecule has 1 aliphatic rings. The van der Waals surface area contributed by atoms with Gasteiger partial charge in [-0.1, -0.05) is 18.2 Å². The smallest absolute Gasteiger partial charge is 0.232 e. The zero-order valence-electron chi connectivity index (χ0n) is 13.6. The minimum Gasteiger partial charge on any atom is -0.232 e. The predicted octanol–water partition coefficient (Wildman–Crippen LogP) is 2.14. The van der Waals surface area contributed by atoms with Crippen LogP contribution in [0, 0.1) is 0 Å². The summed E-state index contributed by atoms with van der Waals surface area (Å²) < 4.78 is 29.3. The Labute approximate surface area is 119 Å². The molecule has 0 saturated carbocycles. The monoisotopic (exact) mass is 264 g/mol. The highest BCUT2D eigenvalue weighted by Crippen LogP contribution is 2.32. The van der Waals surface area contributed by atoms with Crippen LogP contribution in [0.25, 0.3) is 27.9 Å². The molecular formula is C16H13N4+. The minimum atomic E-state index is -2.25. The highest BCUT2D eigenvalue weighted by molar-refractivity contribution is 5.91. The fourth-order valence-corrected chi connectivity index (χ4v) is 3.23. The number of benzene rings is 1. The molecule has 0 aliphatic carbocycles. The molecule has 3 aromatic heterocycles. The number of rotatable bonds is 0. The van der Waals surface area contributed by atoms with Crippen molar-refractivity contribution in [1.29, 1.82) is 0 Å². The summed E-state index contributed by atoms with van der Waals surface area (Å²) in [6.07, 6.45) is 3.50. The first-order valence-corrected chi connectivity index (χ1v) is 6.55. The topological polar surface area (TPSA) is 26.1 Å². The molecular weight excluding hydrogens is 248 g/mol. The lowest BCUT2D eigenvalue weighted by Gasteiger charge is -1.94. The number of hydrogen-bond donors (Lipinski definition) is 0. The Kier molecular flexibility index (Phi) is 1.29. The first-order chi connectivity index (χ1) is 11.1. The molecule has 0 amide bonds. The van der Waals surface area contributed by atoms with Crippen LogP contribution >= 0.6 is 0 Å². The van der Waals surface area contributed by atoms with Gasteiger partial charge in [0.05, 0.1) is 22.8 Å². The molecule has 5 rings (SSSR count). The fraction of sp³-hybridized carbons (Fsp3) is 0.125. The summed E-state index contributed by atoms with van der Waals surface area (Å²) in [6, 6.07) is 11.8. The number of hydrogen-bond acceptors (Lipinski definition) is 1. The SMILES string of the molecule is [2H]C([2H])([2H])n1c2[n+](c3c1cn1ncccc31)Cc1ccccc1-2. The number of imidazole rings is 1. The Hall–Kier alpha value is -2.62. The molecule has 96 valence electrons. The zero-order valence-corrected chi connectivity index (χ0v) is 10.6. The van der Waals surface area contributed by atoms with Crippen LogP contribution in [0.15, 0.2) is 48.8 Å². The van der Waals surface area contributed by atoms with Gasteiger partial charge in [-0.25, -0.2) is 13.6 Å². The van der Waals surface area contributed by atoms with E-state index in [9.17, 15) is 0 Å². The van der Waals surface area contributed by atoms with Crippen molar-refractivity contribution in [3.63, 3.8) is 0 Å². The van der Waals surface area contributed by atoms with Crippen LogP contribution in [-0.4, -0.2) is 14.2 Å². The average molecular weight is 264 g/mol. The maximum absolute atomic E-state index is 8.01. The van der Waals surface area contributed by atoms with Crippen LogP contribution in [-0.2, 0) is 13.5 Å². The van der Waals surface area contributed by atoms with Crippen molar-refractivity contribution in [1.82, 2.24) is 14.2 Å². The number of fused-ring (bicyclic) bond motifs is 7. The van der Waals surface area contributed by atoms with E-state index < -0.39 is 6.98 Å². The number of aromatic nitrogens is 4. The molecule has 4 nitrogen and oxygen atoms in total. The normalized spacial score (nSPS) is 15.9. The lowest BCUT2D eigenvalue weighted by Crippen LogP contribution is -2.31. The average Bonchev–Trinajstić information content (AvgIpc) is 3.12. The molecule has 4 aromatic rings. The fourth-order valence-electron chi connectivity index (χ4n) is 3.23. The number of aryl methyl sites for hydroxylation is 1. The highest BCUT2D eigenvalue weighted by atomic mass is 15.3. The van der Waals surface area contributed by atoms with Gasteiger partial charge in [0.1, 0.15) is 12.1 Å². The summed E-state index contributed by atoms with van der Waals surface area (Å²) in [7, 11) is 0. The standard InChI is InChI=1S/C16H13N4/c1-18-14-10-20-13(7-4-8-17-20)15(14)19-9-11-5-2-3-6-12(11)16(18)19/h2-8,10H,9H2,1H3/q+1/i1D3. The molecule has 0 atom stereocenters. The van der Waals surface area contributed by atoms with Crippen LogP contribution in [0.4, 0.5) is 0 Å². The number of nitrogens with zero attached hydrogens (tertiary/aromatic N) is 4. The van der Waals surface area contributed by atoms with E-state index in [0.717, 1.165) is 28.0 Å². The van der Waals surface area contributed by atoms with Crippen LogP contribution < -0.4 is 4.57 Å². The molecule has 4 heterocycles. The summed E-state index contributed by atoms with van der Waals surface area (Å²) in [4.78, 5) is 0. The first kappa shape index (κ1) is 7.85. The van der Waals surface area contributed by atoms with E-state index in [1.165, 1.54) is 4.57 Å². The van der Waals surface area contributed by atoms with Gasteiger partial charge in [-0.05, 0) is 18.2 Å². The summed E-state index contributed by atoms with van der Waals surface area (Å²) in [5, 5.41) is 4.29. The zero-order chi connectivity index (χ0) is 15.8. The van der Waals surface area contributed by atoms with E-state index in [0.29, 0.717) is 12.1 Å². The molecule has 20 heavy (non-hydrogen) atoms. The van der Waals surface area contributed by atoms with Crippen LogP contribution in [0.2, 0.25) is 0 Å². The van der Waals surface area contributed by atoms with Gasteiger partial charge in [0.2, 0.25) is 5.52 Å². The van der Waals surface area contributed by atoms with Crippen molar-refractivity contribution in [2.45, 2.75) is 6.54 Å². The van der Waals surface area contributed by atoms with Crippen molar-refractivity contribution in [2.75, 3.05) is 0 Å². The van der Waals surface area contributed by atoms with E-state index in [2.05, 4.69) is 15.7 Å². The molecule has 1 aliphatic heterocycles. The maximum atomic E-state index is 8.01. The van der Waals surface area contributed by atoms with Crippen molar-refractivity contribution >= 4 is 16.6 Å². The molecule has 0 N–H and O–H groups in total. The van der Waals surface area contributed by atoms with Gasteiger partial charge in [0.15, 0.2) is 5.52 Å². The van der Waals surface area contributed by atoms with E-state index in [-0.39, 0.29) is 0 Å². The van der Waals surface area contributed by atoms with Crippen LogP contribution in [0.1, 0.15) is 9.68 Å². The molecule has 4 heteroatoms. The second kappa shape index (κ2) is 3.28. The Bertz CT molecular complexity index is 1090. The van der Waals surface area contributed by atoms with Gasteiger partial charge < -0.3 is 0 Å². The second-order valence-electron chi connectivity index (χ2n) is 5.12. The quantitative estimate of drug-likeness (QED) is 0.394. The largest absolute Gasteiger partial charge is 0.290 e. The third-order valence-corrected chi connectivity index (χ3v) is 4.07. The molecule has 0 saturated heterocycles. The molecule has 0 fully saturated rings. The lowest BCUT2D eigenvalue weighted by molar-refractivity contribution is -0.645. The lowest BCUT2D eigenvalue weighted by atomic mass is 10.1. The van der Waals surface area contributed by atoms with Crippen LogP contribution in [0.5, 0.6) is 0 Å². The first-order valence-electron chi connectivity index (χ1n) is 8.05. The third-order valence-electron chi connectivity index (χ3n) is 4.07. The molecule has 0 bridgehead atoms. The van der Waals surface area contributed by atoms with E-state index in [1.807, 2.05) is 30.3 Å². The van der Waals surface area contributed by atoms with Gasteiger partial charge in [0.25, 0.3) is 5.82 Å². The summed E-state index contributed by atoms with van der Waals surface area (Å²) in [6.45, 7) is -1.57. The van der Waals surface area contributed by atoms with Gasteiger partial charge in [-0.2, -0.15) is 5.10 Å². The highest BCUT2D eigenvalue weighted by Gasteiger charge is 2.34. The Morgan fingerprint density at radius 1 is 1.20 bits per heavy atom. The van der Waals surface area contributed by atoms with Crippen molar-refractivity contribution in [3.8, 4) is 11.4 Å². The molecule has 0 unspecified atom stereocenters. The molecule has 0 radical (unpaired) electrons.